The fraction of sp³-hybridized carbons (Fsp3) is 0.371. The fourth-order valence-corrected chi connectivity index (χ4v) is 4.43. The second-order valence-electron chi connectivity index (χ2n) is 10.3. The summed E-state index contributed by atoms with van der Waals surface area (Å²) < 4.78 is 11.1. The number of esters is 2. The monoisotopic (exact) mass is 570 g/mol. The van der Waals surface area contributed by atoms with Crippen molar-refractivity contribution in [2.24, 2.45) is 5.10 Å². The number of hydrogen-bond donors (Lipinski definition) is 1. The van der Waals surface area contributed by atoms with E-state index in [9.17, 15) is 14.4 Å². The van der Waals surface area contributed by atoms with Gasteiger partial charge in [-0.1, -0.05) is 108 Å². The zero-order valence-corrected chi connectivity index (χ0v) is 24.6. The van der Waals surface area contributed by atoms with E-state index < -0.39 is 11.9 Å². The van der Waals surface area contributed by atoms with Gasteiger partial charge in [0.05, 0.1) is 17.3 Å². The van der Waals surface area contributed by atoms with Crippen molar-refractivity contribution in [2.75, 3.05) is 0 Å². The second-order valence-corrected chi connectivity index (χ2v) is 10.3. The third kappa shape index (κ3) is 12.1. The molecule has 42 heavy (non-hydrogen) atoms. The van der Waals surface area contributed by atoms with Crippen LogP contribution in [0.2, 0.25) is 0 Å². The lowest BCUT2D eigenvalue weighted by Crippen LogP contribution is -2.17. The van der Waals surface area contributed by atoms with E-state index in [-0.39, 0.29) is 17.4 Å². The fourth-order valence-electron chi connectivity index (χ4n) is 4.43. The number of nitrogens with zero attached hydrogens (tertiary/aromatic N) is 1. The van der Waals surface area contributed by atoms with Crippen LogP contribution in [0.1, 0.15) is 110 Å². The van der Waals surface area contributed by atoms with Gasteiger partial charge in [-0.3, -0.25) is 4.79 Å². The molecular formula is C35H42N2O5. The molecule has 3 aromatic carbocycles. The van der Waals surface area contributed by atoms with E-state index in [1.54, 1.807) is 66.7 Å². The number of benzene rings is 3. The molecule has 0 radical (unpaired) electrons. The Hall–Kier alpha value is -4.26. The molecular weight excluding hydrogens is 528 g/mol. The van der Waals surface area contributed by atoms with Crippen molar-refractivity contribution in [2.45, 2.75) is 84.0 Å². The van der Waals surface area contributed by atoms with Gasteiger partial charge in [0.15, 0.2) is 0 Å². The highest BCUT2D eigenvalue weighted by molar-refractivity contribution is 5.94. The van der Waals surface area contributed by atoms with Crippen molar-refractivity contribution in [3.05, 3.63) is 95.6 Å². The van der Waals surface area contributed by atoms with Crippen LogP contribution in [0.3, 0.4) is 0 Å². The minimum absolute atomic E-state index is 0.144. The van der Waals surface area contributed by atoms with E-state index in [1.165, 1.54) is 63.6 Å². The molecule has 0 saturated carbocycles. The minimum Gasteiger partial charge on any atom is -0.423 e. The predicted molar refractivity (Wildman–Crippen MR) is 166 cm³/mol. The van der Waals surface area contributed by atoms with Gasteiger partial charge in [0.25, 0.3) is 0 Å². The van der Waals surface area contributed by atoms with Crippen LogP contribution in [-0.2, 0) is 4.79 Å². The van der Waals surface area contributed by atoms with Crippen molar-refractivity contribution >= 4 is 24.1 Å². The lowest BCUT2D eigenvalue weighted by atomic mass is 10.1. The van der Waals surface area contributed by atoms with Crippen molar-refractivity contribution in [1.29, 1.82) is 0 Å². The normalized spacial score (nSPS) is 10.9. The number of hydrazone groups is 1. The molecule has 0 aliphatic carbocycles. The first-order chi connectivity index (χ1) is 20.6. The summed E-state index contributed by atoms with van der Waals surface area (Å²) in [7, 11) is 0. The van der Waals surface area contributed by atoms with Crippen molar-refractivity contribution in [3.8, 4) is 11.5 Å². The van der Waals surface area contributed by atoms with Gasteiger partial charge in [-0.05, 0) is 42.8 Å². The van der Waals surface area contributed by atoms with Gasteiger partial charge in [0.2, 0.25) is 5.91 Å². The summed E-state index contributed by atoms with van der Waals surface area (Å²) in [6, 6.07) is 21.8. The Morgan fingerprint density at radius 2 is 1.19 bits per heavy atom. The van der Waals surface area contributed by atoms with Crippen LogP contribution in [-0.4, -0.2) is 24.1 Å². The Bertz CT molecular complexity index is 1280. The van der Waals surface area contributed by atoms with Crippen LogP contribution in [0.5, 0.6) is 11.5 Å². The lowest BCUT2D eigenvalue weighted by Gasteiger charge is -2.10. The number of ether oxygens (including phenoxy) is 2. The van der Waals surface area contributed by atoms with Crippen LogP contribution in [0.25, 0.3) is 0 Å². The third-order valence-corrected chi connectivity index (χ3v) is 6.82. The maximum absolute atomic E-state index is 12.7. The molecule has 7 nitrogen and oxygen atoms in total. The van der Waals surface area contributed by atoms with Gasteiger partial charge in [-0.25, -0.2) is 15.0 Å². The molecule has 0 fully saturated rings. The van der Waals surface area contributed by atoms with Crippen LogP contribution < -0.4 is 14.9 Å². The van der Waals surface area contributed by atoms with E-state index in [1.807, 2.05) is 6.07 Å². The van der Waals surface area contributed by atoms with E-state index >= 15 is 0 Å². The molecule has 1 N–H and O–H groups in total. The maximum atomic E-state index is 12.7. The molecule has 0 atom stereocenters. The van der Waals surface area contributed by atoms with Crippen LogP contribution >= 0.6 is 0 Å². The number of carbonyl (C=O) groups excluding carboxylic acids is 3. The molecule has 0 spiro atoms. The van der Waals surface area contributed by atoms with E-state index in [0.717, 1.165) is 19.3 Å². The number of hydrogen-bond acceptors (Lipinski definition) is 6. The van der Waals surface area contributed by atoms with Crippen molar-refractivity contribution in [3.63, 3.8) is 0 Å². The van der Waals surface area contributed by atoms with Crippen LogP contribution in [0.15, 0.2) is 84.0 Å². The summed E-state index contributed by atoms with van der Waals surface area (Å²) in [4.78, 5) is 37.5. The third-order valence-electron chi connectivity index (χ3n) is 6.82. The molecule has 0 unspecified atom stereocenters. The largest absolute Gasteiger partial charge is 0.423 e. The van der Waals surface area contributed by atoms with E-state index in [2.05, 4.69) is 17.5 Å². The number of amides is 1. The molecule has 7 heteroatoms. The molecule has 3 aromatic rings. The Kier molecular flexibility index (Phi) is 14.6. The number of nitrogens with one attached hydrogen (secondary N) is 1. The first-order valence-electron chi connectivity index (χ1n) is 15.1. The predicted octanol–water partition coefficient (Wildman–Crippen LogP) is 8.28. The Morgan fingerprint density at radius 3 is 1.76 bits per heavy atom. The summed E-state index contributed by atoms with van der Waals surface area (Å²) >= 11 is 0. The highest BCUT2D eigenvalue weighted by Gasteiger charge is 2.15. The smallest absolute Gasteiger partial charge is 0.343 e. The zero-order valence-electron chi connectivity index (χ0n) is 24.6. The molecule has 3 rings (SSSR count). The zero-order chi connectivity index (χ0) is 29.8. The first kappa shape index (κ1) is 32.3. The highest BCUT2D eigenvalue weighted by Crippen LogP contribution is 2.26. The first-order valence-corrected chi connectivity index (χ1v) is 15.1. The van der Waals surface area contributed by atoms with Gasteiger partial charge in [-0.2, -0.15) is 5.10 Å². The second kappa shape index (κ2) is 19.0. The quantitative estimate of drug-likeness (QED) is 0.0546. The number of unbranched alkanes of at least 4 members (excludes halogenated alkanes) is 10. The molecule has 222 valence electrons. The minimum atomic E-state index is -0.572. The molecule has 0 saturated heterocycles. The summed E-state index contributed by atoms with van der Waals surface area (Å²) in [6.07, 6.45) is 15.2. The average molecular weight is 571 g/mol. The Morgan fingerprint density at radius 1 is 0.667 bits per heavy atom. The van der Waals surface area contributed by atoms with E-state index in [4.69, 9.17) is 9.47 Å². The Balaban J connectivity index is 1.50. The van der Waals surface area contributed by atoms with Gasteiger partial charge in [-0.15, -0.1) is 0 Å². The SMILES string of the molecule is CCCCCCCCCCCCCC(=O)N/N=C/c1ccc(OC(=O)c2ccccc2)cc1OC(=O)c1ccccc1. The molecule has 0 heterocycles. The van der Waals surface area contributed by atoms with Gasteiger partial charge in [0.1, 0.15) is 11.5 Å². The average Bonchev–Trinajstić information content (AvgIpc) is 3.01. The molecule has 0 aromatic heterocycles. The number of carbonyl (C=O) groups is 3. The summed E-state index contributed by atoms with van der Waals surface area (Å²) in [5, 5.41) is 4.07. The summed E-state index contributed by atoms with van der Waals surface area (Å²) in [5.74, 6) is -0.925. The number of rotatable bonds is 18. The molecule has 0 aliphatic heterocycles. The van der Waals surface area contributed by atoms with Gasteiger partial charge in [0, 0.05) is 18.1 Å². The van der Waals surface area contributed by atoms with Gasteiger partial charge < -0.3 is 9.47 Å². The lowest BCUT2D eigenvalue weighted by molar-refractivity contribution is -0.121. The van der Waals surface area contributed by atoms with Gasteiger partial charge >= 0.3 is 11.9 Å². The van der Waals surface area contributed by atoms with Crippen molar-refractivity contribution < 1.29 is 23.9 Å². The topological polar surface area (TPSA) is 94.1 Å². The Labute approximate surface area is 249 Å². The molecule has 0 aliphatic rings. The van der Waals surface area contributed by atoms with Crippen LogP contribution in [0, 0.1) is 0 Å². The van der Waals surface area contributed by atoms with E-state index in [0.29, 0.717) is 23.1 Å². The summed E-state index contributed by atoms with van der Waals surface area (Å²) in [6.45, 7) is 2.24. The maximum Gasteiger partial charge on any atom is 0.343 e. The van der Waals surface area contributed by atoms with Crippen molar-refractivity contribution in [1.82, 2.24) is 5.43 Å². The summed E-state index contributed by atoms with van der Waals surface area (Å²) in [5.41, 5.74) is 3.75. The molecule has 0 bridgehead atoms. The standard InChI is InChI=1S/C35H42N2O5/c1-2-3-4-5-6-7-8-9-10-11-18-23-33(38)37-36-27-30-24-25-31(41-34(39)28-19-14-12-15-20-28)26-32(30)42-35(40)29-21-16-13-17-22-29/h12-17,19-22,24-27H,2-11,18,23H2,1H3,(H,37,38)/b36-27+. The van der Waals surface area contributed by atoms with Crippen LogP contribution in [0.4, 0.5) is 0 Å². The molecule has 1 amide bonds. The highest BCUT2D eigenvalue weighted by atomic mass is 16.5.